The van der Waals surface area contributed by atoms with Crippen LogP contribution < -0.4 is 0 Å². The average molecular weight is 169 g/mol. The second-order valence-corrected chi connectivity index (χ2v) is 3.07. The fourth-order valence-electron chi connectivity index (χ4n) is 1.73. The minimum atomic E-state index is -0.399. The molecule has 0 aromatic carbocycles. The molecule has 0 fully saturated rings. The highest BCUT2D eigenvalue weighted by Gasteiger charge is 2.40. The molecule has 3 heteroatoms. The van der Waals surface area contributed by atoms with E-state index in [2.05, 4.69) is 15.0 Å². The van der Waals surface area contributed by atoms with Gasteiger partial charge in [0.1, 0.15) is 6.34 Å². The predicted molar refractivity (Wildman–Crippen MR) is 53.5 cm³/mol. The van der Waals surface area contributed by atoms with E-state index in [0.29, 0.717) is 0 Å². The summed E-state index contributed by atoms with van der Waals surface area (Å²) >= 11 is 0. The van der Waals surface area contributed by atoms with Crippen molar-refractivity contribution in [1.82, 2.24) is 0 Å². The first-order valence-corrected chi connectivity index (χ1v) is 4.14. The molecule has 0 aromatic heterocycles. The first kappa shape index (κ1) is 6.71. The Morgan fingerprint density at radius 3 is 3.23 bits per heavy atom. The summed E-state index contributed by atoms with van der Waals surface area (Å²) in [5.74, 6) is 0. The van der Waals surface area contributed by atoms with Crippen molar-refractivity contribution in [2.24, 2.45) is 15.0 Å². The lowest BCUT2D eigenvalue weighted by Gasteiger charge is -2.27. The van der Waals surface area contributed by atoms with Crippen molar-refractivity contribution in [3.05, 3.63) is 36.1 Å². The average Bonchev–Trinajstić information content (AvgIpc) is 2.58. The molecule has 0 radical (unpaired) electrons. The maximum atomic E-state index is 4.36. The summed E-state index contributed by atoms with van der Waals surface area (Å²) in [5.41, 5.74) is 1.51. The van der Waals surface area contributed by atoms with Crippen LogP contribution in [0.25, 0.3) is 0 Å². The highest BCUT2D eigenvalue weighted by Crippen LogP contribution is 2.34. The van der Waals surface area contributed by atoms with Crippen molar-refractivity contribution in [2.75, 3.05) is 0 Å². The second-order valence-electron chi connectivity index (χ2n) is 3.07. The first-order valence-electron chi connectivity index (χ1n) is 4.14. The van der Waals surface area contributed by atoms with Crippen LogP contribution in [0.4, 0.5) is 0 Å². The summed E-state index contributed by atoms with van der Waals surface area (Å²) in [6.07, 6.45) is 13.2. The van der Waals surface area contributed by atoms with Crippen molar-refractivity contribution in [3.63, 3.8) is 0 Å². The summed E-state index contributed by atoms with van der Waals surface area (Å²) in [5, 5.41) is 0. The molecule has 62 valence electrons. The normalized spacial score (nSPS) is 32.6. The minimum Gasteiger partial charge on any atom is -0.258 e. The molecule has 2 heterocycles. The van der Waals surface area contributed by atoms with E-state index in [0.717, 1.165) is 11.4 Å². The van der Waals surface area contributed by atoms with Crippen LogP contribution >= 0.6 is 0 Å². The van der Waals surface area contributed by atoms with E-state index in [4.69, 9.17) is 0 Å². The minimum absolute atomic E-state index is 0.399. The molecule has 0 saturated heterocycles. The Hall–Kier alpha value is -1.77. The number of hydrogen-bond acceptors (Lipinski definition) is 3. The van der Waals surface area contributed by atoms with Crippen molar-refractivity contribution in [2.45, 2.75) is 5.54 Å². The summed E-state index contributed by atoms with van der Waals surface area (Å²) in [4.78, 5) is 12.9. The third kappa shape index (κ3) is 0.710. The van der Waals surface area contributed by atoms with Gasteiger partial charge in [0.25, 0.3) is 0 Å². The van der Waals surface area contributed by atoms with E-state index >= 15 is 0 Å². The fraction of sp³-hybridized carbons (Fsp3) is 0.100. The van der Waals surface area contributed by atoms with Crippen LogP contribution in [-0.4, -0.2) is 23.8 Å². The predicted octanol–water partition coefficient (Wildman–Crippen LogP) is 1.30. The van der Waals surface area contributed by atoms with E-state index in [1.807, 2.05) is 30.4 Å². The summed E-state index contributed by atoms with van der Waals surface area (Å²) in [6.45, 7) is 0. The second kappa shape index (κ2) is 2.13. The highest BCUT2D eigenvalue weighted by molar-refractivity contribution is 6.15. The van der Waals surface area contributed by atoms with Crippen LogP contribution in [0, 0.1) is 0 Å². The Balaban J connectivity index is 2.28. The van der Waals surface area contributed by atoms with E-state index in [-0.39, 0.29) is 0 Å². The van der Waals surface area contributed by atoms with Crippen LogP contribution in [-0.2, 0) is 0 Å². The smallest absolute Gasteiger partial charge is 0.164 e. The standard InChI is InChI=1S/C10H7N3/c1-3-8-10(5-2-6-11-8)9(4-1)12-7-13-10/h1-7H. The molecule has 0 aromatic rings. The maximum Gasteiger partial charge on any atom is 0.164 e. The fourth-order valence-corrected chi connectivity index (χ4v) is 1.73. The van der Waals surface area contributed by atoms with Gasteiger partial charge < -0.3 is 0 Å². The molecule has 1 aliphatic carbocycles. The van der Waals surface area contributed by atoms with Crippen molar-refractivity contribution < 1.29 is 0 Å². The van der Waals surface area contributed by atoms with Gasteiger partial charge in [-0.25, -0.2) is 9.98 Å². The summed E-state index contributed by atoms with van der Waals surface area (Å²) in [7, 11) is 0. The largest absolute Gasteiger partial charge is 0.258 e. The van der Waals surface area contributed by atoms with Gasteiger partial charge >= 0.3 is 0 Å². The molecule has 0 N–H and O–H groups in total. The van der Waals surface area contributed by atoms with Gasteiger partial charge in [0.05, 0.1) is 11.4 Å². The quantitative estimate of drug-likeness (QED) is 0.524. The van der Waals surface area contributed by atoms with Crippen molar-refractivity contribution in [3.8, 4) is 0 Å². The van der Waals surface area contributed by atoms with Crippen LogP contribution in [0.15, 0.2) is 51.1 Å². The number of aliphatic imine (C=N–C) groups is 3. The number of hydrogen-bond donors (Lipinski definition) is 0. The van der Waals surface area contributed by atoms with Crippen molar-refractivity contribution >= 4 is 18.3 Å². The SMILES string of the molecule is C1=CC2=NC=NC23C=CC=NC3=C1. The lowest BCUT2D eigenvalue weighted by Crippen LogP contribution is -2.35. The molecule has 1 atom stereocenters. The molecular weight excluding hydrogens is 162 g/mol. The van der Waals surface area contributed by atoms with Gasteiger partial charge in [-0.15, -0.1) is 0 Å². The van der Waals surface area contributed by atoms with Crippen LogP contribution in [0.1, 0.15) is 0 Å². The molecule has 1 spiro atoms. The van der Waals surface area contributed by atoms with E-state index < -0.39 is 5.54 Å². The molecular formula is C10H7N3. The van der Waals surface area contributed by atoms with Gasteiger partial charge in [-0.2, -0.15) is 0 Å². The molecule has 2 aliphatic heterocycles. The third-order valence-electron chi connectivity index (χ3n) is 2.38. The molecule has 3 nitrogen and oxygen atoms in total. The Morgan fingerprint density at radius 2 is 2.23 bits per heavy atom. The maximum absolute atomic E-state index is 4.36. The van der Waals surface area contributed by atoms with Crippen molar-refractivity contribution in [1.29, 1.82) is 0 Å². The molecule has 0 saturated carbocycles. The van der Waals surface area contributed by atoms with Gasteiger partial charge in [0.2, 0.25) is 0 Å². The number of allylic oxidation sites excluding steroid dienone is 3. The van der Waals surface area contributed by atoms with Gasteiger partial charge in [0, 0.05) is 6.21 Å². The summed E-state index contributed by atoms with van der Waals surface area (Å²) in [6, 6.07) is 0. The van der Waals surface area contributed by atoms with Gasteiger partial charge in [0.15, 0.2) is 5.54 Å². The Bertz CT molecular complexity index is 435. The Morgan fingerprint density at radius 1 is 1.23 bits per heavy atom. The van der Waals surface area contributed by atoms with Crippen LogP contribution in [0.2, 0.25) is 0 Å². The lowest BCUT2D eigenvalue weighted by atomic mass is 9.85. The van der Waals surface area contributed by atoms with Gasteiger partial charge in [-0.05, 0) is 24.3 Å². The molecule has 0 bridgehead atoms. The monoisotopic (exact) mass is 169 g/mol. The lowest BCUT2D eigenvalue weighted by molar-refractivity contribution is 0.816. The topological polar surface area (TPSA) is 37.1 Å². The molecule has 3 rings (SSSR count). The van der Waals surface area contributed by atoms with E-state index in [1.54, 1.807) is 12.6 Å². The summed E-state index contributed by atoms with van der Waals surface area (Å²) < 4.78 is 0. The number of rotatable bonds is 0. The van der Waals surface area contributed by atoms with Gasteiger partial charge in [-0.1, -0.05) is 6.08 Å². The van der Waals surface area contributed by atoms with E-state index in [1.165, 1.54) is 0 Å². The van der Waals surface area contributed by atoms with Crippen LogP contribution in [0.5, 0.6) is 0 Å². The van der Waals surface area contributed by atoms with Gasteiger partial charge in [-0.3, -0.25) is 4.99 Å². The number of nitrogens with zero attached hydrogens (tertiary/aromatic N) is 3. The Labute approximate surface area is 75.6 Å². The molecule has 0 amide bonds. The Kier molecular flexibility index (Phi) is 1.10. The molecule has 3 aliphatic rings. The zero-order valence-corrected chi connectivity index (χ0v) is 6.88. The zero-order valence-electron chi connectivity index (χ0n) is 6.88. The highest BCUT2D eigenvalue weighted by atomic mass is 15.1. The zero-order chi connectivity index (χ0) is 8.73. The number of dihydropyridines is 1. The molecule has 1 unspecified atom stereocenters. The first-order chi connectivity index (χ1) is 6.42. The molecule has 13 heavy (non-hydrogen) atoms. The third-order valence-corrected chi connectivity index (χ3v) is 2.38. The van der Waals surface area contributed by atoms with E-state index in [9.17, 15) is 0 Å². The van der Waals surface area contributed by atoms with Crippen LogP contribution in [0.3, 0.4) is 0 Å².